The summed E-state index contributed by atoms with van der Waals surface area (Å²) in [7, 11) is 0. The van der Waals surface area contributed by atoms with Crippen LogP contribution in [0.15, 0.2) is 34.9 Å². The number of nitrogens with two attached hydrogens (primary N) is 1. The lowest BCUT2D eigenvalue weighted by molar-refractivity contribution is 0.383. The van der Waals surface area contributed by atoms with Crippen LogP contribution in [0.4, 0.5) is 5.82 Å². The highest BCUT2D eigenvalue weighted by atomic mass is 16.5. The van der Waals surface area contributed by atoms with E-state index in [0.717, 1.165) is 17.7 Å². The van der Waals surface area contributed by atoms with Crippen molar-refractivity contribution in [2.45, 2.75) is 38.0 Å². The molecular formula is C15H18N2O. The molecule has 0 amide bonds. The molecule has 3 nitrogen and oxygen atoms in total. The minimum absolute atomic E-state index is 0.364. The van der Waals surface area contributed by atoms with Crippen molar-refractivity contribution in [1.82, 2.24) is 5.16 Å². The predicted octanol–water partition coefficient (Wildman–Crippen LogP) is 3.65. The third kappa shape index (κ3) is 1.80. The zero-order valence-corrected chi connectivity index (χ0v) is 10.8. The van der Waals surface area contributed by atoms with Crippen molar-refractivity contribution in [2.75, 3.05) is 5.73 Å². The molecule has 0 spiro atoms. The van der Waals surface area contributed by atoms with Gasteiger partial charge in [0.05, 0.1) is 0 Å². The lowest BCUT2D eigenvalue weighted by atomic mass is 9.99. The first kappa shape index (κ1) is 11.3. The van der Waals surface area contributed by atoms with Crippen molar-refractivity contribution in [3.8, 4) is 0 Å². The molecule has 0 saturated heterocycles. The van der Waals surface area contributed by atoms with Crippen LogP contribution < -0.4 is 5.73 Å². The van der Waals surface area contributed by atoms with E-state index in [1.165, 1.54) is 5.56 Å². The summed E-state index contributed by atoms with van der Waals surface area (Å²) in [6.07, 6.45) is 1.14. The molecule has 1 aliphatic carbocycles. The molecule has 18 heavy (non-hydrogen) atoms. The summed E-state index contributed by atoms with van der Waals surface area (Å²) in [6, 6.07) is 10.6. The van der Waals surface area contributed by atoms with E-state index < -0.39 is 0 Å². The minimum Gasteiger partial charge on any atom is -0.381 e. The van der Waals surface area contributed by atoms with Crippen molar-refractivity contribution in [2.24, 2.45) is 0 Å². The van der Waals surface area contributed by atoms with E-state index >= 15 is 0 Å². The summed E-state index contributed by atoms with van der Waals surface area (Å²) in [4.78, 5) is 0. The highest BCUT2D eigenvalue weighted by Crippen LogP contribution is 2.56. The maximum atomic E-state index is 5.89. The Morgan fingerprint density at radius 1 is 1.22 bits per heavy atom. The average molecular weight is 242 g/mol. The maximum Gasteiger partial charge on any atom is 0.170 e. The summed E-state index contributed by atoms with van der Waals surface area (Å²) in [5.41, 5.74) is 8.36. The minimum atomic E-state index is 0.364. The van der Waals surface area contributed by atoms with Gasteiger partial charge in [-0.25, -0.2) is 0 Å². The number of nitrogens with zero attached hydrogens (tertiary/aromatic N) is 1. The van der Waals surface area contributed by atoms with E-state index in [0.29, 0.717) is 23.6 Å². The van der Waals surface area contributed by atoms with Gasteiger partial charge < -0.3 is 10.3 Å². The van der Waals surface area contributed by atoms with Gasteiger partial charge in [-0.1, -0.05) is 49.3 Å². The molecule has 0 radical (unpaired) electrons. The Bertz CT molecular complexity index is 545. The molecule has 2 atom stereocenters. The molecular weight excluding hydrogens is 224 g/mol. The predicted molar refractivity (Wildman–Crippen MR) is 71.5 cm³/mol. The summed E-state index contributed by atoms with van der Waals surface area (Å²) >= 11 is 0. The number of nitrogen functional groups attached to an aromatic ring is 1. The number of aromatic nitrogens is 1. The molecule has 1 aliphatic rings. The van der Waals surface area contributed by atoms with E-state index in [-0.39, 0.29) is 0 Å². The Hall–Kier alpha value is -1.77. The Kier molecular flexibility index (Phi) is 2.62. The summed E-state index contributed by atoms with van der Waals surface area (Å²) in [5.74, 6) is 2.93. The molecule has 1 aromatic heterocycles. The van der Waals surface area contributed by atoms with Crippen LogP contribution >= 0.6 is 0 Å². The molecule has 1 aromatic carbocycles. The Labute approximate surface area is 107 Å². The third-order valence-corrected chi connectivity index (χ3v) is 3.72. The molecule has 2 aromatic rings. The molecule has 0 bridgehead atoms. The number of benzene rings is 1. The molecule has 2 unspecified atom stereocenters. The van der Waals surface area contributed by atoms with Gasteiger partial charge in [0.25, 0.3) is 0 Å². The molecule has 3 heteroatoms. The van der Waals surface area contributed by atoms with E-state index in [2.05, 4.69) is 43.3 Å². The van der Waals surface area contributed by atoms with Gasteiger partial charge in [0.15, 0.2) is 5.82 Å². The van der Waals surface area contributed by atoms with Crippen LogP contribution in [0.3, 0.4) is 0 Å². The van der Waals surface area contributed by atoms with Gasteiger partial charge in [0.2, 0.25) is 0 Å². The fourth-order valence-electron chi connectivity index (χ4n) is 2.72. The van der Waals surface area contributed by atoms with Gasteiger partial charge in [-0.05, 0) is 23.8 Å². The van der Waals surface area contributed by atoms with Gasteiger partial charge in [-0.15, -0.1) is 0 Å². The molecule has 3 rings (SSSR count). The van der Waals surface area contributed by atoms with E-state index in [1.807, 2.05) is 6.07 Å². The molecule has 1 fully saturated rings. The second-order valence-corrected chi connectivity index (χ2v) is 5.36. The monoisotopic (exact) mass is 242 g/mol. The van der Waals surface area contributed by atoms with Crippen LogP contribution in [0, 0.1) is 0 Å². The van der Waals surface area contributed by atoms with Crippen LogP contribution in [-0.4, -0.2) is 5.16 Å². The first-order chi connectivity index (χ1) is 8.68. The largest absolute Gasteiger partial charge is 0.381 e. The van der Waals surface area contributed by atoms with Gasteiger partial charge in [-0.3, -0.25) is 0 Å². The molecule has 1 saturated carbocycles. The second kappa shape index (κ2) is 4.16. The maximum absolute atomic E-state index is 5.89. The van der Waals surface area contributed by atoms with Crippen molar-refractivity contribution >= 4 is 5.82 Å². The standard InChI is InChI=1S/C15H18N2O/c1-9(2)13-14(18-17-15(13)16)12-8-11(12)10-6-4-3-5-7-10/h3-7,9,11-12H,8H2,1-2H3,(H2,16,17). The normalized spacial score (nSPS) is 22.4. The van der Waals surface area contributed by atoms with Crippen molar-refractivity contribution in [3.63, 3.8) is 0 Å². The first-order valence-corrected chi connectivity index (χ1v) is 6.48. The average Bonchev–Trinajstić information content (AvgIpc) is 3.07. The number of rotatable bonds is 3. The molecule has 94 valence electrons. The quantitative estimate of drug-likeness (QED) is 0.893. The Balaban J connectivity index is 1.87. The number of hydrogen-bond acceptors (Lipinski definition) is 3. The fraction of sp³-hybridized carbons (Fsp3) is 0.400. The molecule has 2 N–H and O–H groups in total. The van der Waals surface area contributed by atoms with Crippen LogP contribution in [0.5, 0.6) is 0 Å². The van der Waals surface area contributed by atoms with Crippen LogP contribution in [0.1, 0.15) is 54.9 Å². The zero-order chi connectivity index (χ0) is 12.7. The van der Waals surface area contributed by atoms with E-state index in [1.54, 1.807) is 0 Å². The smallest absolute Gasteiger partial charge is 0.170 e. The Morgan fingerprint density at radius 2 is 1.94 bits per heavy atom. The van der Waals surface area contributed by atoms with Crippen LogP contribution in [0.2, 0.25) is 0 Å². The van der Waals surface area contributed by atoms with E-state index in [9.17, 15) is 0 Å². The van der Waals surface area contributed by atoms with Gasteiger partial charge in [0, 0.05) is 11.5 Å². The highest BCUT2D eigenvalue weighted by molar-refractivity contribution is 5.47. The summed E-state index contributed by atoms with van der Waals surface area (Å²) in [6.45, 7) is 4.26. The van der Waals surface area contributed by atoms with Crippen molar-refractivity contribution in [3.05, 3.63) is 47.2 Å². The van der Waals surface area contributed by atoms with Gasteiger partial charge >= 0.3 is 0 Å². The van der Waals surface area contributed by atoms with Crippen LogP contribution in [0.25, 0.3) is 0 Å². The topological polar surface area (TPSA) is 52.0 Å². The lowest BCUT2D eigenvalue weighted by Crippen LogP contribution is -1.96. The molecule has 0 aliphatic heterocycles. The SMILES string of the molecule is CC(C)c1c(N)noc1C1CC1c1ccccc1. The molecule has 1 heterocycles. The van der Waals surface area contributed by atoms with Crippen molar-refractivity contribution in [1.29, 1.82) is 0 Å². The number of anilines is 1. The lowest BCUT2D eigenvalue weighted by Gasteiger charge is -2.05. The zero-order valence-electron chi connectivity index (χ0n) is 10.8. The summed E-state index contributed by atoms with van der Waals surface area (Å²) < 4.78 is 5.46. The number of hydrogen-bond donors (Lipinski definition) is 1. The van der Waals surface area contributed by atoms with Gasteiger partial charge in [0.1, 0.15) is 5.76 Å². The second-order valence-electron chi connectivity index (χ2n) is 5.36. The fourth-order valence-corrected chi connectivity index (χ4v) is 2.72. The third-order valence-electron chi connectivity index (χ3n) is 3.72. The first-order valence-electron chi connectivity index (χ1n) is 6.48. The van der Waals surface area contributed by atoms with Crippen LogP contribution in [-0.2, 0) is 0 Å². The summed E-state index contributed by atoms with van der Waals surface area (Å²) in [5, 5.41) is 3.93. The van der Waals surface area contributed by atoms with Gasteiger partial charge in [-0.2, -0.15) is 0 Å². The van der Waals surface area contributed by atoms with E-state index in [4.69, 9.17) is 10.3 Å². The Morgan fingerprint density at radius 3 is 2.61 bits per heavy atom. The van der Waals surface area contributed by atoms with Crippen molar-refractivity contribution < 1.29 is 4.52 Å². The highest BCUT2D eigenvalue weighted by Gasteiger charge is 2.44.